The van der Waals surface area contributed by atoms with E-state index in [4.69, 9.17) is 23.2 Å². The Morgan fingerprint density at radius 3 is 2.61 bits per heavy atom. The van der Waals surface area contributed by atoms with Gasteiger partial charge in [-0.05, 0) is 37.3 Å². The highest BCUT2D eigenvalue weighted by molar-refractivity contribution is 6.36. The SMILES string of the molecule is Cc1nc2c(F)ccc(NC(=O)c3cc(Cl)c(O)c(Cl)n3)c2c(=O)n1Cc1ncccc1C(C)(F)F. The number of hydrogen-bond acceptors (Lipinski definition) is 6. The van der Waals surface area contributed by atoms with E-state index in [-0.39, 0.29) is 50.9 Å². The summed E-state index contributed by atoms with van der Waals surface area (Å²) in [6.45, 7) is 1.76. The number of amides is 1. The average Bonchev–Trinajstić information content (AvgIpc) is 2.81. The van der Waals surface area contributed by atoms with Gasteiger partial charge in [0.1, 0.15) is 22.9 Å². The molecule has 0 aliphatic rings. The molecule has 13 heteroatoms. The van der Waals surface area contributed by atoms with E-state index < -0.39 is 34.1 Å². The van der Waals surface area contributed by atoms with Crippen molar-refractivity contribution >= 4 is 45.7 Å². The first-order valence-corrected chi connectivity index (χ1v) is 11.0. The number of aromatic nitrogens is 4. The summed E-state index contributed by atoms with van der Waals surface area (Å²) in [6, 6.07) is 5.76. The molecule has 0 unspecified atom stereocenters. The molecule has 0 saturated carbocycles. The van der Waals surface area contributed by atoms with Gasteiger partial charge in [-0.15, -0.1) is 0 Å². The maximum Gasteiger partial charge on any atom is 0.274 e. The lowest BCUT2D eigenvalue weighted by Crippen LogP contribution is -2.28. The summed E-state index contributed by atoms with van der Waals surface area (Å²) in [4.78, 5) is 38.1. The van der Waals surface area contributed by atoms with Crippen molar-refractivity contribution in [2.24, 2.45) is 0 Å². The number of carbonyl (C=O) groups excluding carboxylic acids is 1. The topological polar surface area (TPSA) is 110 Å². The maximum absolute atomic E-state index is 14.6. The third-order valence-corrected chi connectivity index (χ3v) is 5.86. The van der Waals surface area contributed by atoms with E-state index in [1.165, 1.54) is 25.3 Å². The normalized spacial score (nSPS) is 11.6. The van der Waals surface area contributed by atoms with E-state index >= 15 is 0 Å². The van der Waals surface area contributed by atoms with Crippen LogP contribution in [-0.4, -0.2) is 30.5 Å². The molecule has 0 saturated heterocycles. The van der Waals surface area contributed by atoms with Crippen molar-refractivity contribution in [3.63, 3.8) is 0 Å². The van der Waals surface area contributed by atoms with Gasteiger partial charge in [0, 0.05) is 18.7 Å². The molecule has 0 bridgehead atoms. The van der Waals surface area contributed by atoms with Crippen LogP contribution < -0.4 is 10.9 Å². The molecular formula is C23H16Cl2F3N5O3. The number of anilines is 1. The molecule has 3 heterocycles. The molecule has 0 radical (unpaired) electrons. The van der Waals surface area contributed by atoms with Crippen LogP contribution in [0.15, 0.2) is 41.3 Å². The van der Waals surface area contributed by atoms with E-state index in [0.717, 1.165) is 22.8 Å². The second-order valence-corrected chi connectivity index (χ2v) is 8.60. The highest BCUT2D eigenvalue weighted by Gasteiger charge is 2.29. The van der Waals surface area contributed by atoms with Crippen LogP contribution in [0.5, 0.6) is 5.75 Å². The number of nitrogens with one attached hydrogen (secondary N) is 1. The van der Waals surface area contributed by atoms with Crippen LogP contribution in [0.3, 0.4) is 0 Å². The lowest BCUT2D eigenvalue weighted by molar-refractivity contribution is 0.0160. The zero-order valence-electron chi connectivity index (χ0n) is 18.6. The molecule has 4 rings (SSSR count). The van der Waals surface area contributed by atoms with Crippen molar-refractivity contribution in [1.29, 1.82) is 0 Å². The first-order valence-electron chi connectivity index (χ1n) is 10.3. The number of fused-ring (bicyclic) bond motifs is 1. The predicted octanol–water partition coefficient (Wildman–Crippen LogP) is 5.06. The van der Waals surface area contributed by atoms with E-state index in [2.05, 4.69) is 20.3 Å². The molecule has 0 atom stereocenters. The van der Waals surface area contributed by atoms with Gasteiger partial charge in [0.05, 0.1) is 28.3 Å². The Morgan fingerprint density at radius 2 is 1.94 bits per heavy atom. The van der Waals surface area contributed by atoms with E-state index in [1.807, 2.05) is 0 Å². The van der Waals surface area contributed by atoms with Gasteiger partial charge in [-0.25, -0.2) is 23.1 Å². The van der Waals surface area contributed by atoms with Crippen molar-refractivity contribution in [3.05, 3.63) is 85.7 Å². The fourth-order valence-corrected chi connectivity index (χ4v) is 4.01. The van der Waals surface area contributed by atoms with E-state index in [1.54, 1.807) is 0 Å². The van der Waals surface area contributed by atoms with Crippen LogP contribution in [0.1, 0.15) is 34.5 Å². The molecule has 4 aromatic rings. The quantitative estimate of drug-likeness (QED) is 0.344. The highest BCUT2D eigenvalue weighted by atomic mass is 35.5. The number of alkyl halides is 2. The van der Waals surface area contributed by atoms with Crippen LogP contribution in [0.25, 0.3) is 10.9 Å². The Kier molecular flexibility index (Phi) is 6.63. The molecule has 0 fully saturated rings. The Balaban J connectivity index is 1.83. The fourth-order valence-electron chi connectivity index (χ4n) is 3.58. The molecule has 36 heavy (non-hydrogen) atoms. The lowest BCUT2D eigenvalue weighted by atomic mass is 10.1. The second-order valence-electron chi connectivity index (χ2n) is 7.84. The Morgan fingerprint density at radius 1 is 1.22 bits per heavy atom. The fraction of sp³-hybridized carbons (Fsp3) is 0.174. The number of hydrogen-bond donors (Lipinski definition) is 2. The minimum absolute atomic E-state index is 0.0460. The van der Waals surface area contributed by atoms with Crippen LogP contribution in [0, 0.1) is 12.7 Å². The summed E-state index contributed by atoms with van der Waals surface area (Å²) in [5.74, 6) is -5.39. The second kappa shape index (κ2) is 9.40. The first kappa shape index (κ1) is 25.4. The number of carbonyl (C=O) groups is 1. The zero-order chi connectivity index (χ0) is 26.4. The molecular weight excluding hydrogens is 522 g/mol. The smallest absolute Gasteiger partial charge is 0.274 e. The zero-order valence-corrected chi connectivity index (χ0v) is 20.1. The van der Waals surface area contributed by atoms with Gasteiger partial charge in [0.2, 0.25) is 0 Å². The van der Waals surface area contributed by atoms with Crippen LogP contribution >= 0.6 is 23.2 Å². The molecule has 3 aromatic heterocycles. The highest BCUT2D eigenvalue weighted by Crippen LogP contribution is 2.31. The minimum atomic E-state index is -3.23. The van der Waals surface area contributed by atoms with Crippen molar-refractivity contribution in [3.8, 4) is 5.75 Å². The molecule has 0 spiro atoms. The summed E-state index contributed by atoms with van der Waals surface area (Å²) in [5, 5.41) is 11.1. The van der Waals surface area contributed by atoms with Gasteiger partial charge in [0.15, 0.2) is 10.9 Å². The number of aromatic hydroxyl groups is 1. The van der Waals surface area contributed by atoms with Crippen LogP contribution in [0.2, 0.25) is 10.2 Å². The summed E-state index contributed by atoms with van der Waals surface area (Å²) in [5.41, 5.74) is -1.98. The van der Waals surface area contributed by atoms with Crippen LogP contribution in [0.4, 0.5) is 18.9 Å². The average molecular weight is 538 g/mol. The number of halogens is 5. The van der Waals surface area contributed by atoms with Gasteiger partial charge < -0.3 is 10.4 Å². The summed E-state index contributed by atoms with van der Waals surface area (Å²) in [6.07, 6.45) is 1.31. The number of aryl methyl sites for hydroxylation is 1. The third-order valence-electron chi connectivity index (χ3n) is 5.31. The molecule has 0 aliphatic heterocycles. The van der Waals surface area contributed by atoms with Gasteiger partial charge >= 0.3 is 0 Å². The minimum Gasteiger partial charge on any atom is -0.504 e. The lowest BCUT2D eigenvalue weighted by Gasteiger charge is -2.17. The molecule has 2 N–H and O–H groups in total. The van der Waals surface area contributed by atoms with Crippen molar-refractivity contribution in [1.82, 2.24) is 19.5 Å². The third kappa shape index (κ3) is 4.71. The molecule has 0 aliphatic carbocycles. The Hall–Kier alpha value is -3.70. The van der Waals surface area contributed by atoms with Crippen molar-refractivity contribution in [2.75, 3.05) is 5.32 Å². The van der Waals surface area contributed by atoms with Gasteiger partial charge in [-0.1, -0.05) is 23.2 Å². The van der Waals surface area contributed by atoms with Gasteiger partial charge in [-0.2, -0.15) is 0 Å². The number of rotatable bonds is 5. The molecule has 186 valence electrons. The molecule has 1 aromatic carbocycles. The Bertz CT molecular complexity index is 1570. The predicted molar refractivity (Wildman–Crippen MR) is 127 cm³/mol. The largest absolute Gasteiger partial charge is 0.504 e. The van der Waals surface area contributed by atoms with Crippen molar-refractivity contribution < 1.29 is 23.1 Å². The Labute approximate surface area is 211 Å². The van der Waals surface area contributed by atoms with Gasteiger partial charge in [-0.3, -0.25) is 19.1 Å². The number of benzene rings is 1. The monoisotopic (exact) mass is 537 g/mol. The molecule has 8 nitrogen and oxygen atoms in total. The van der Waals surface area contributed by atoms with E-state index in [0.29, 0.717) is 6.92 Å². The number of nitrogens with zero attached hydrogens (tertiary/aromatic N) is 4. The van der Waals surface area contributed by atoms with E-state index in [9.17, 15) is 27.9 Å². The van der Waals surface area contributed by atoms with Crippen molar-refractivity contribution in [2.45, 2.75) is 26.3 Å². The van der Waals surface area contributed by atoms with Gasteiger partial charge in [0.25, 0.3) is 17.4 Å². The summed E-state index contributed by atoms with van der Waals surface area (Å²) >= 11 is 11.6. The summed E-state index contributed by atoms with van der Waals surface area (Å²) in [7, 11) is 0. The molecule has 1 amide bonds. The first-order chi connectivity index (χ1) is 16.9. The number of pyridine rings is 2. The standard InChI is InChI=1S/C23H16Cl2F3N5O3/c1-10-30-18-13(26)5-6-14(32-21(35)15-8-12(24)19(34)20(25)31-15)17(18)22(36)33(10)9-16-11(23(2,27)28)4-3-7-29-16/h3-8,34H,9H2,1-2H3,(H,32,35). The maximum atomic E-state index is 14.6. The van der Waals surface area contributed by atoms with Crippen LogP contribution in [-0.2, 0) is 12.5 Å². The summed E-state index contributed by atoms with van der Waals surface area (Å²) < 4.78 is 43.9.